The quantitative estimate of drug-likeness (QED) is 0.671. The maximum absolute atomic E-state index is 10.6. The third kappa shape index (κ3) is 3.25. The molecule has 112 valence electrons. The van der Waals surface area contributed by atoms with Gasteiger partial charge in [0.25, 0.3) is 5.69 Å². The second-order valence-electron chi connectivity index (χ2n) is 5.27. The third-order valence-electron chi connectivity index (χ3n) is 3.30. The van der Waals surface area contributed by atoms with E-state index in [1.807, 2.05) is 13.8 Å². The van der Waals surface area contributed by atoms with Gasteiger partial charge >= 0.3 is 0 Å². The van der Waals surface area contributed by atoms with E-state index in [9.17, 15) is 15.2 Å². The molecule has 0 aliphatic rings. The Morgan fingerprint density at radius 2 is 1.86 bits per heavy atom. The van der Waals surface area contributed by atoms with Gasteiger partial charge in [-0.25, -0.2) is 0 Å². The van der Waals surface area contributed by atoms with Gasteiger partial charge in [0.2, 0.25) is 11.7 Å². The molecule has 1 heterocycles. The van der Waals surface area contributed by atoms with Crippen LogP contribution in [0.15, 0.2) is 28.8 Å². The molecule has 0 spiro atoms. The Balaban J connectivity index is 2.28. The highest BCUT2D eigenvalue weighted by Gasteiger charge is 2.27. The van der Waals surface area contributed by atoms with Crippen molar-refractivity contribution in [2.24, 2.45) is 5.92 Å². The van der Waals surface area contributed by atoms with E-state index in [1.165, 1.54) is 12.1 Å². The van der Waals surface area contributed by atoms with E-state index >= 15 is 0 Å². The van der Waals surface area contributed by atoms with Gasteiger partial charge in [0.15, 0.2) is 0 Å². The lowest BCUT2D eigenvalue weighted by molar-refractivity contribution is -0.384. The summed E-state index contributed by atoms with van der Waals surface area (Å²) in [6, 6.07) is 5.92. The van der Waals surface area contributed by atoms with Crippen LogP contribution >= 0.6 is 0 Å². The van der Waals surface area contributed by atoms with Gasteiger partial charge in [0, 0.05) is 17.7 Å². The summed E-state index contributed by atoms with van der Waals surface area (Å²) in [6.45, 7) is 5.61. The standard InChI is InChI=1S/C14H17N3O4/c1-8(2)12(9(3)18)14-15-13(16-21-14)10-4-6-11(7-5-10)17(19)20/h4-9,12,18H,1-3H3. The van der Waals surface area contributed by atoms with Crippen LogP contribution < -0.4 is 0 Å². The number of nitro groups is 1. The molecule has 2 unspecified atom stereocenters. The normalized spacial score (nSPS) is 14.1. The molecule has 0 saturated heterocycles. The molecule has 0 amide bonds. The van der Waals surface area contributed by atoms with Crippen molar-refractivity contribution in [3.05, 3.63) is 40.3 Å². The topological polar surface area (TPSA) is 102 Å². The number of aliphatic hydroxyl groups is 1. The van der Waals surface area contributed by atoms with Gasteiger partial charge in [-0.2, -0.15) is 4.98 Å². The van der Waals surface area contributed by atoms with Crippen molar-refractivity contribution in [1.82, 2.24) is 10.1 Å². The lowest BCUT2D eigenvalue weighted by Crippen LogP contribution is -2.20. The number of aliphatic hydroxyl groups excluding tert-OH is 1. The summed E-state index contributed by atoms with van der Waals surface area (Å²) >= 11 is 0. The zero-order chi connectivity index (χ0) is 15.6. The molecule has 2 atom stereocenters. The largest absolute Gasteiger partial charge is 0.393 e. The van der Waals surface area contributed by atoms with Crippen molar-refractivity contribution in [1.29, 1.82) is 0 Å². The number of aromatic nitrogens is 2. The summed E-state index contributed by atoms with van der Waals surface area (Å²) in [5, 5.41) is 24.3. The summed E-state index contributed by atoms with van der Waals surface area (Å²) < 4.78 is 5.23. The number of benzene rings is 1. The molecule has 1 aromatic carbocycles. The van der Waals surface area contributed by atoms with Crippen LogP contribution in [-0.4, -0.2) is 26.3 Å². The molecule has 0 fully saturated rings. The Bertz CT molecular complexity index is 611. The highest BCUT2D eigenvalue weighted by molar-refractivity contribution is 5.56. The van der Waals surface area contributed by atoms with Crippen molar-refractivity contribution in [3.8, 4) is 11.4 Å². The van der Waals surface area contributed by atoms with E-state index < -0.39 is 11.0 Å². The highest BCUT2D eigenvalue weighted by atomic mass is 16.6. The molecular formula is C14H17N3O4. The highest BCUT2D eigenvalue weighted by Crippen LogP contribution is 2.28. The van der Waals surface area contributed by atoms with Gasteiger partial charge in [0.05, 0.1) is 16.9 Å². The lowest BCUT2D eigenvalue weighted by Gasteiger charge is -2.19. The van der Waals surface area contributed by atoms with Crippen LogP contribution in [0.5, 0.6) is 0 Å². The SMILES string of the molecule is CC(C)C(c1nc(-c2ccc([N+](=O)[O-])cc2)no1)C(C)O. The molecule has 7 nitrogen and oxygen atoms in total. The first-order valence-electron chi connectivity index (χ1n) is 6.66. The fourth-order valence-electron chi connectivity index (χ4n) is 2.27. The second-order valence-corrected chi connectivity index (χ2v) is 5.27. The maximum Gasteiger partial charge on any atom is 0.269 e. The van der Waals surface area contributed by atoms with E-state index in [4.69, 9.17) is 4.52 Å². The molecule has 0 saturated carbocycles. The second kappa shape index (κ2) is 6.01. The Hall–Kier alpha value is -2.28. The van der Waals surface area contributed by atoms with Crippen LogP contribution in [0.2, 0.25) is 0 Å². The molecule has 1 aromatic heterocycles. The fourth-order valence-corrected chi connectivity index (χ4v) is 2.27. The van der Waals surface area contributed by atoms with Crippen LogP contribution in [-0.2, 0) is 0 Å². The Morgan fingerprint density at radius 3 is 2.33 bits per heavy atom. The average molecular weight is 291 g/mol. The average Bonchev–Trinajstić information content (AvgIpc) is 2.87. The van der Waals surface area contributed by atoms with Crippen LogP contribution in [0.1, 0.15) is 32.6 Å². The predicted molar refractivity (Wildman–Crippen MR) is 75.6 cm³/mol. The summed E-state index contributed by atoms with van der Waals surface area (Å²) in [6.07, 6.45) is -0.602. The van der Waals surface area contributed by atoms with Gasteiger partial charge in [0.1, 0.15) is 0 Å². The van der Waals surface area contributed by atoms with E-state index in [2.05, 4.69) is 10.1 Å². The monoisotopic (exact) mass is 291 g/mol. The molecular weight excluding hydrogens is 274 g/mol. The van der Waals surface area contributed by atoms with Gasteiger partial charge in [-0.3, -0.25) is 10.1 Å². The van der Waals surface area contributed by atoms with E-state index in [-0.39, 0.29) is 17.5 Å². The van der Waals surface area contributed by atoms with E-state index in [0.29, 0.717) is 17.3 Å². The summed E-state index contributed by atoms with van der Waals surface area (Å²) in [7, 11) is 0. The Morgan fingerprint density at radius 1 is 1.24 bits per heavy atom. The molecule has 2 rings (SSSR count). The molecule has 21 heavy (non-hydrogen) atoms. The zero-order valence-electron chi connectivity index (χ0n) is 12.1. The number of hydrogen-bond donors (Lipinski definition) is 1. The maximum atomic E-state index is 10.6. The van der Waals surface area contributed by atoms with Crippen LogP contribution in [0.3, 0.4) is 0 Å². The molecule has 0 aliphatic carbocycles. The molecule has 0 radical (unpaired) electrons. The van der Waals surface area contributed by atoms with Crippen molar-refractivity contribution in [2.45, 2.75) is 32.8 Å². The number of nitro benzene ring substituents is 1. The number of non-ortho nitro benzene ring substituents is 1. The van der Waals surface area contributed by atoms with E-state index in [1.54, 1.807) is 19.1 Å². The minimum Gasteiger partial charge on any atom is -0.393 e. The third-order valence-corrected chi connectivity index (χ3v) is 3.30. The Labute approximate surface area is 121 Å². The van der Waals surface area contributed by atoms with Crippen LogP contribution in [0.25, 0.3) is 11.4 Å². The first kappa shape index (κ1) is 15.1. The summed E-state index contributed by atoms with van der Waals surface area (Å²) in [5.74, 6) is 0.624. The van der Waals surface area contributed by atoms with Crippen molar-refractivity contribution in [2.75, 3.05) is 0 Å². The van der Waals surface area contributed by atoms with Gasteiger partial charge in [-0.15, -0.1) is 0 Å². The number of nitrogens with zero attached hydrogens (tertiary/aromatic N) is 3. The Kier molecular flexibility index (Phi) is 4.32. The van der Waals surface area contributed by atoms with E-state index in [0.717, 1.165) is 0 Å². The molecule has 0 bridgehead atoms. The molecule has 2 aromatic rings. The summed E-state index contributed by atoms with van der Waals surface area (Å²) in [4.78, 5) is 14.4. The first-order valence-corrected chi connectivity index (χ1v) is 6.66. The minimum absolute atomic E-state index is 0.00602. The van der Waals surface area contributed by atoms with Crippen LogP contribution in [0.4, 0.5) is 5.69 Å². The van der Waals surface area contributed by atoms with Crippen molar-refractivity contribution < 1.29 is 14.6 Å². The van der Waals surface area contributed by atoms with Crippen LogP contribution in [0, 0.1) is 16.0 Å². The number of rotatable bonds is 5. The van der Waals surface area contributed by atoms with Gasteiger partial charge in [-0.05, 0) is 25.0 Å². The van der Waals surface area contributed by atoms with Gasteiger partial charge in [-0.1, -0.05) is 19.0 Å². The molecule has 1 N–H and O–H groups in total. The summed E-state index contributed by atoms with van der Waals surface area (Å²) in [5.41, 5.74) is 0.634. The van der Waals surface area contributed by atoms with Crippen molar-refractivity contribution in [3.63, 3.8) is 0 Å². The van der Waals surface area contributed by atoms with Crippen molar-refractivity contribution >= 4 is 5.69 Å². The lowest BCUT2D eigenvalue weighted by atomic mass is 9.91. The zero-order valence-corrected chi connectivity index (χ0v) is 12.1. The fraction of sp³-hybridized carbons (Fsp3) is 0.429. The predicted octanol–water partition coefficient (Wildman–Crippen LogP) is 2.77. The smallest absolute Gasteiger partial charge is 0.269 e. The molecule has 0 aliphatic heterocycles. The number of hydrogen-bond acceptors (Lipinski definition) is 6. The minimum atomic E-state index is -0.602. The molecule has 7 heteroatoms. The van der Waals surface area contributed by atoms with Gasteiger partial charge < -0.3 is 9.63 Å². The first-order chi connectivity index (χ1) is 9.90.